The van der Waals surface area contributed by atoms with Crippen molar-refractivity contribution in [3.63, 3.8) is 0 Å². The molecule has 0 rings (SSSR count). The Balaban J connectivity index is 4.28. The molecule has 0 bridgehead atoms. The Morgan fingerprint density at radius 1 is 0.547 bits per heavy atom. The molecule has 0 heterocycles. The summed E-state index contributed by atoms with van der Waals surface area (Å²) in [6.07, 6.45) is 36.0. The molecular formula is C42H81O10P. The molecule has 0 aromatic carbocycles. The average molecular weight is 777 g/mol. The Labute approximate surface area is 324 Å². The average Bonchev–Trinajstić information content (AvgIpc) is 3.14. The fourth-order valence-corrected chi connectivity index (χ4v) is 6.84. The van der Waals surface area contributed by atoms with E-state index < -0.39 is 51.8 Å². The minimum absolute atomic E-state index is 0.188. The summed E-state index contributed by atoms with van der Waals surface area (Å²) in [5, 5.41) is 18.3. The predicted molar refractivity (Wildman–Crippen MR) is 215 cm³/mol. The first-order valence-corrected chi connectivity index (χ1v) is 23.1. The van der Waals surface area contributed by atoms with Crippen molar-refractivity contribution in [2.24, 2.45) is 0 Å². The summed E-state index contributed by atoms with van der Waals surface area (Å²) in [6.45, 7) is 2.38. The lowest BCUT2D eigenvalue weighted by atomic mass is 10.0. The van der Waals surface area contributed by atoms with Crippen molar-refractivity contribution < 1.29 is 47.8 Å². The van der Waals surface area contributed by atoms with Gasteiger partial charge in [-0.15, -0.1) is 0 Å². The minimum Gasteiger partial charge on any atom is -0.462 e. The maximum atomic E-state index is 12.6. The van der Waals surface area contributed by atoms with Crippen molar-refractivity contribution in [2.45, 2.75) is 219 Å². The molecule has 11 heteroatoms. The Morgan fingerprint density at radius 2 is 0.925 bits per heavy atom. The summed E-state index contributed by atoms with van der Waals surface area (Å²) in [4.78, 5) is 34.9. The second-order valence-electron chi connectivity index (χ2n) is 14.7. The third-order valence-corrected chi connectivity index (χ3v) is 10.4. The van der Waals surface area contributed by atoms with E-state index in [4.69, 9.17) is 19.1 Å². The van der Waals surface area contributed by atoms with E-state index in [1.165, 1.54) is 116 Å². The van der Waals surface area contributed by atoms with E-state index in [2.05, 4.69) is 30.5 Å². The standard InChI is InChI=1S/C42H81O10P/c1-3-5-7-9-11-13-15-17-19-20-22-24-26-28-30-32-34-42(46)52-40(38-51-53(47,48)50-36-39(44)35-43)37-49-41(45)33-31-29-27-25-23-21-18-16-14-12-10-8-6-4-2/h16,18,39-40,43-44H,3-15,17,19-38H2,1-2H3,(H,47,48)/b18-16-/t39-,40+/m0/s1. The smallest absolute Gasteiger partial charge is 0.462 e. The molecular weight excluding hydrogens is 695 g/mol. The van der Waals surface area contributed by atoms with Crippen molar-refractivity contribution in [2.75, 3.05) is 26.4 Å². The molecule has 3 N–H and O–H groups in total. The van der Waals surface area contributed by atoms with Crippen LogP contribution in [0.3, 0.4) is 0 Å². The molecule has 0 aromatic rings. The number of hydrogen-bond donors (Lipinski definition) is 3. The number of phosphoric acid groups is 1. The van der Waals surface area contributed by atoms with Crippen molar-refractivity contribution in [1.82, 2.24) is 0 Å². The van der Waals surface area contributed by atoms with E-state index in [-0.39, 0.29) is 19.4 Å². The van der Waals surface area contributed by atoms with Crippen LogP contribution >= 0.6 is 7.82 Å². The van der Waals surface area contributed by atoms with E-state index in [1.54, 1.807) is 0 Å². The van der Waals surface area contributed by atoms with Crippen molar-refractivity contribution in [1.29, 1.82) is 0 Å². The highest BCUT2D eigenvalue weighted by molar-refractivity contribution is 7.47. The van der Waals surface area contributed by atoms with Gasteiger partial charge in [0.25, 0.3) is 0 Å². The van der Waals surface area contributed by atoms with Crippen LogP contribution in [-0.2, 0) is 32.7 Å². The zero-order chi connectivity index (χ0) is 39.1. The molecule has 0 aromatic heterocycles. The summed E-state index contributed by atoms with van der Waals surface area (Å²) in [5.74, 6) is -0.925. The number of aliphatic hydroxyl groups excluding tert-OH is 2. The van der Waals surface area contributed by atoms with Gasteiger partial charge < -0.3 is 24.6 Å². The maximum absolute atomic E-state index is 12.6. The van der Waals surface area contributed by atoms with Crippen LogP contribution < -0.4 is 0 Å². The highest BCUT2D eigenvalue weighted by Crippen LogP contribution is 2.43. The first-order chi connectivity index (χ1) is 25.7. The molecule has 0 radical (unpaired) electrons. The molecule has 0 spiro atoms. The minimum atomic E-state index is -4.61. The Kier molecular flexibility index (Phi) is 38.0. The molecule has 0 saturated carbocycles. The summed E-state index contributed by atoms with van der Waals surface area (Å²) >= 11 is 0. The molecule has 0 aliphatic carbocycles. The Morgan fingerprint density at radius 3 is 1.36 bits per heavy atom. The van der Waals surface area contributed by atoms with Crippen LogP contribution in [0.5, 0.6) is 0 Å². The van der Waals surface area contributed by atoms with Gasteiger partial charge in [0.15, 0.2) is 6.10 Å². The number of unbranched alkanes of at least 4 members (excludes halogenated alkanes) is 25. The third-order valence-electron chi connectivity index (χ3n) is 9.42. The van der Waals surface area contributed by atoms with Gasteiger partial charge in [0.2, 0.25) is 0 Å². The Bertz CT molecular complexity index is 899. The highest BCUT2D eigenvalue weighted by atomic mass is 31.2. The first kappa shape index (κ1) is 51.7. The van der Waals surface area contributed by atoms with Gasteiger partial charge in [-0.2, -0.15) is 0 Å². The third kappa shape index (κ3) is 38.8. The van der Waals surface area contributed by atoms with Gasteiger partial charge in [-0.25, -0.2) is 4.57 Å². The summed E-state index contributed by atoms with van der Waals surface area (Å²) in [7, 11) is -4.61. The molecule has 1 unspecified atom stereocenters. The number of esters is 2. The topological polar surface area (TPSA) is 149 Å². The van der Waals surface area contributed by atoms with E-state index in [9.17, 15) is 24.2 Å². The fourth-order valence-electron chi connectivity index (χ4n) is 6.05. The van der Waals surface area contributed by atoms with Crippen LogP contribution in [-0.4, -0.2) is 65.7 Å². The number of ether oxygens (including phenoxy) is 2. The molecule has 0 aliphatic heterocycles. The summed E-state index contributed by atoms with van der Waals surface area (Å²) < 4.78 is 32.7. The van der Waals surface area contributed by atoms with Crippen LogP contribution in [0.1, 0.15) is 206 Å². The van der Waals surface area contributed by atoms with Gasteiger partial charge in [-0.3, -0.25) is 18.6 Å². The second kappa shape index (κ2) is 39.0. The monoisotopic (exact) mass is 777 g/mol. The number of aliphatic hydroxyl groups is 2. The quantitative estimate of drug-likeness (QED) is 0.0237. The van der Waals surface area contributed by atoms with Crippen molar-refractivity contribution in [3.8, 4) is 0 Å². The zero-order valence-corrected chi connectivity index (χ0v) is 34.9. The van der Waals surface area contributed by atoms with Crippen LogP contribution in [0.2, 0.25) is 0 Å². The molecule has 0 fully saturated rings. The van der Waals surface area contributed by atoms with Gasteiger partial charge in [-0.05, 0) is 38.5 Å². The van der Waals surface area contributed by atoms with Crippen LogP contribution in [0.15, 0.2) is 12.2 Å². The van der Waals surface area contributed by atoms with Crippen molar-refractivity contribution in [3.05, 3.63) is 12.2 Å². The van der Waals surface area contributed by atoms with Crippen LogP contribution in [0.25, 0.3) is 0 Å². The first-order valence-electron chi connectivity index (χ1n) is 21.6. The number of allylic oxidation sites excluding steroid dienone is 2. The molecule has 0 amide bonds. The van der Waals surface area contributed by atoms with Gasteiger partial charge in [0.1, 0.15) is 12.7 Å². The van der Waals surface area contributed by atoms with E-state index in [0.717, 1.165) is 51.4 Å². The molecule has 53 heavy (non-hydrogen) atoms. The number of rotatable bonds is 41. The fraction of sp³-hybridized carbons (Fsp3) is 0.905. The van der Waals surface area contributed by atoms with Crippen LogP contribution in [0.4, 0.5) is 0 Å². The highest BCUT2D eigenvalue weighted by Gasteiger charge is 2.27. The van der Waals surface area contributed by atoms with Crippen LogP contribution in [0, 0.1) is 0 Å². The normalized spacial score (nSPS) is 14.0. The summed E-state index contributed by atoms with van der Waals surface area (Å²) in [5.41, 5.74) is 0. The van der Waals surface area contributed by atoms with Crippen molar-refractivity contribution >= 4 is 19.8 Å². The number of hydrogen-bond acceptors (Lipinski definition) is 9. The zero-order valence-electron chi connectivity index (χ0n) is 34.0. The lowest BCUT2D eigenvalue weighted by molar-refractivity contribution is -0.161. The molecule has 10 nitrogen and oxygen atoms in total. The Hall–Kier alpha value is -1.29. The van der Waals surface area contributed by atoms with Gasteiger partial charge in [-0.1, -0.05) is 167 Å². The van der Waals surface area contributed by atoms with Gasteiger partial charge in [0, 0.05) is 12.8 Å². The van der Waals surface area contributed by atoms with E-state index in [0.29, 0.717) is 12.8 Å². The molecule has 0 aliphatic rings. The van der Waals surface area contributed by atoms with E-state index >= 15 is 0 Å². The van der Waals surface area contributed by atoms with Gasteiger partial charge in [0.05, 0.1) is 19.8 Å². The largest absolute Gasteiger partial charge is 0.472 e. The number of carbonyl (C=O) groups excluding carboxylic acids is 2. The van der Waals surface area contributed by atoms with E-state index in [1.807, 2.05) is 0 Å². The summed E-state index contributed by atoms with van der Waals surface area (Å²) in [6, 6.07) is 0. The lowest BCUT2D eigenvalue weighted by Crippen LogP contribution is -2.29. The maximum Gasteiger partial charge on any atom is 0.472 e. The molecule has 314 valence electrons. The predicted octanol–water partition coefficient (Wildman–Crippen LogP) is 11.2. The second-order valence-corrected chi connectivity index (χ2v) is 16.2. The SMILES string of the molecule is CCCCCCC/C=C\CCCCCCCC(=O)OC[C@H](COP(=O)(O)OC[C@@H](O)CO)OC(=O)CCCCCCCCCCCCCCCCCC. The number of carbonyl (C=O) groups is 2. The van der Waals surface area contributed by atoms with Gasteiger partial charge >= 0.3 is 19.8 Å². The molecule has 3 atom stereocenters. The molecule has 0 saturated heterocycles. The number of phosphoric ester groups is 1. The lowest BCUT2D eigenvalue weighted by Gasteiger charge is -2.20.